The molecule has 0 unspecified atom stereocenters. The molecular formula is C13H19ClN4O. The second kappa shape index (κ2) is 7.11. The van der Waals surface area contributed by atoms with Gasteiger partial charge in [0.1, 0.15) is 0 Å². The molecule has 19 heavy (non-hydrogen) atoms. The van der Waals surface area contributed by atoms with Crippen LogP contribution in [0.4, 0.5) is 5.69 Å². The number of halogens is 1. The van der Waals surface area contributed by atoms with Crippen LogP contribution < -0.4 is 11.2 Å². The molecule has 0 spiro atoms. The van der Waals surface area contributed by atoms with E-state index in [2.05, 4.69) is 15.3 Å². The average molecular weight is 283 g/mol. The monoisotopic (exact) mass is 282 g/mol. The van der Waals surface area contributed by atoms with Crippen LogP contribution in [0.1, 0.15) is 18.4 Å². The SMILES string of the molecule is CN1CCC[C@H]1C(=O)Nc1ccc(C=NN)cc1.Cl. The Kier molecular flexibility index (Phi) is 5.79. The van der Waals surface area contributed by atoms with Gasteiger partial charge in [-0.15, -0.1) is 12.4 Å². The van der Waals surface area contributed by atoms with E-state index >= 15 is 0 Å². The molecule has 1 heterocycles. The normalized spacial score (nSPS) is 19.3. The van der Waals surface area contributed by atoms with Crippen LogP contribution in [0.2, 0.25) is 0 Å². The Morgan fingerprint density at radius 2 is 2.16 bits per heavy atom. The van der Waals surface area contributed by atoms with Crippen LogP contribution in [0.15, 0.2) is 29.4 Å². The summed E-state index contributed by atoms with van der Waals surface area (Å²) in [5, 5.41) is 6.38. The lowest BCUT2D eigenvalue weighted by Crippen LogP contribution is -2.37. The van der Waals surface area contributed by atoms with Crippen molar-refractivity contribution in [1.82, 2.24) is 4.90 Å². The number of anilines is 1. The Hall–Kier alpha value is -1.59. The molecule has 2 rings (SSSR count). The number of nitrogens with two attached hydrogens (primary N) is 1. The molecule has 1 aliphatic rings. The van der Waals surface area contributed by atoms with E-state index in [1.807, 2.05) is 31.3 Å². The van der Waals surface area contributed by atoms with E-state index in [-0.39, 0.29) is 24.4 Å². The fourth-order valence-corrected chi connectivity index (χ4v) is 2.21. The lowest BCUT2D eigenvalue weighted by atomic mass is 10.2. The molecule has 3 N–H and O–H groups in total. The van der Waals surface area contributed by atoms with E-state index in [0.717, 1.165) is 30.6 Å². The molecule has 0 radical (unpaired) electrons. The van der Waals surface area contributed by atoms with Crippen molar-refractivity contribution in [2.24, 2.45) is 10.9 Å². The van der Waals surface area contributed by atoms with Crippen molar-refractivity contribution in [1.29, 1.82) is 0 Å². The molecule has 1 atom stereocenters. The highest BCUT2D eigenvalue weighted by Gasteiger charge is 2.27. The number of nitrogens with zero attached hydrogens (tertiary/aromatic N) is 2. The van der Waals surface area contributed by atoms with E-state index < -0.39 is 0 Å². The predicted molar refractivity (Wildman–Crippen MR) is 79.8 cm³/mol. The standard InChI is InChI=1S/C13H18N4O.ClH/c1-17-8-2-3-12(17)13(18)16-11-6-4-10(5-7-11)9-15-14;/h4-7,9,12H,2-3,8,14H2,1H3,(H,16,18);1H/t12-;/m0./s1. The number of carbonyl (C=O) groups excluding carboxylic acids is 1. The predicted octanol–water partition coefficient (Wildman–Crippen LogP) is 1.43. The Labute approximate surface area is 119 Å². The van der Waals surface area contributed by atoms with E-state index in [0.29, 0.717) is 0 Å². The Balaban J connectivity index is 0.00000180. The molecule has 6 heteroatoms. The molecule has 0 aliphatic carbocycles. The highest BCUT2D eigenvalue weighted by molar-refractivity contribution is 5.95. The number of hydrazone groups is 1. The zero-order chi connectivity index (χ0) is 13.0. The lowest BCUT2D eigenvalue weighted by Gasteiger charge is -2.18. The van der Waals surface area contributed by atoms with Crippen molar-refractivity contribution in [3.05, 3.63) is 29.8 Å². The number of hydrogen-bond donors (Lipinski definition) is 2. The van der Waals surface area contributed by atoms with Gasteiger partial charge in [-0.05, 0) is 44.1 Å². The number of benzene rings is 1. The van der Waals surface area contributed by atoms with Gasteiger partial charge >= 0.3 is 0 Å². The third-order valence-corrected chi connectivity index (χ3v) is 3.22. The number of nitrogens with one attached hydrogen (secondary N) is 1. The maximum Gasteiger partial charge on any atom is 0.241 e. The molecule has 104 valence electrons. The molecule has 1 amide bonds. The number of carbonyl (C=O) groups is 1. The summed E-state index contributed by atoms with van der Waals surface area (Å²) in [5.74, 6) is 5.14. The van der Waals surface area contributed by atoms with Crippen LogP contribution in [-0.4, -0.2) is 36.7 Å². The fraction of sp³-hybridized carbons (Fsp3) is 0.385. The molecule has 1 aromatic rings. The lowest BCUT2D eigenvalue weighted by molar-refractivity contribution is -0.119. The van der Waals surface area contributed by atoms with E-state index in [9.17, 15) is 4.79 Å². The van der Waals surface area contributed by atoms with Crippen molar-refractivity contribution < 1.29 is 4.79 Å². The second-order valence-corrected chi connectivity index (χ2v) is 4.53. The molecule has 1 fully saturated rings. The third kappa shape index (κ3) is 3.94. The first-order valence-electron chi connectivity index (χ1n) is 6.05. The van der Waals surface area contributed by atoms with E-state index in [1.54, 1.807) is 6.21 Å². The average Bonchev–Trinajstić information content (AvgIpc) is 2.78. The molecule has 0 bridgehead atoms. The van der Waals surface area contributed by atoms with Crippen LogP contribution in [0.25, 0.3) is 0 Å². The molecule has 5 nitrogen and oxygen atoms in total. The molecular weight excluding hydrogens is 264 g/mol. The number of likely N-dealkylation sites (N-methyl/N-ethyl adjacent to an activating group) is 1. The summed E-state index contributed by atoms with van der Waals surface area (Å²) < 4.78 is 0. The van der Waals surface area contributed by atoms with E-state index in [4.69, 9.17) is 5.84 Å². The third-order valence-electron chi connectivity index (χ3n) is 3.22. The molecule has 0 saturated carbocycles. The summed E-state index contributed by atoms with van der Waals surface area (Å²) in [6, 6.07) is 7.43. The summed E-state index contributed by atoms with van der Waals surface area (Å²) in [7, 11) is 1.98. The molecule has 1 saturated heterocycles. The fourth-order valence-electron chi connectivity index (χ4n) is 2.21. The Bertz CT molecular complexity index is 446. The van der Waals surface area contributed by atoms with Gasteiger partial charge in [0, 0.05) is 5.69 Å². The summed E-state index contributed by atoms with van der Waals surface area (Å²) in [4.78, 5) is 14.1. The number of hydrogen-bond acceptors (Lipinski definition) is 4. The van der Waals surface area contributed by atoms with Crippen LogP contribution >= 0.6 is 12.4 Å². The highest BCUT2D eigenvalue weighted by Crippen LogP contribution is 2.17. The maximum absolute atomic E-state index is 12.0. The summed E-state index contributed by atoms with van der Waals surface area (Å²) in [6.07, 6.45) is 3.58. The van der Waals surface area contributed by atoms with Crippen LogP contribution in [-0.2, 0) is 4.79 Å². The van der Waals surface area contributed by atoms with Gasteiger partial charge in [-0.25, -0.2) is 0 Å². The van der Waals surface area contributed by atoms with Crippen LogP contribution in [0, 0.1) is 0 Å². The van der Waals surface area contributed by atoms with Crippen LogP contribution in [0.3, 0.4) is 0 Å². The van der Waals surface area contributed by atoms with Crippen molar-refractivity contribution in [3.63, 3.8) is 0 Å². The maximum atomic E-state index is 12.0. The quantitative estimate of drug-likeness (QED) is 0.501. The van der Waals surface area contributed by atoms with Crippen LogP contribution in [0.5, 0.6) is 0 Å². The second-order valence-electron chi connectivity index (χ2n) is 4.53. The first kappa shape index (κ1) is 15.5. The van der Waals surface area contributed by atoms with Gasteiger partial charge in [-0.3, -0.25) is 9.69 Å². The van der Waals surface area contributed by atoms with Crippen molar-refractivity contribution in [3.8, 4) is 0 Å². The Morgan fingerprint density at radius 1 is 1.47 bits per heavy atom. The zero-order valence-corrected chi connectivity index (χ0v) is 11.7. The molecule has 0 aromatic heterocycles. The molecule has 1 aliphatic heterocycles. The van der Waals surface area contributed by atoms with Gasteiger partial charge in [0.2, 0.25) is 5.91 Å². The minimum Gasteiger partial charge on any atom is -0.325 e. The number of rotatable bonds is 3. The first-order valence-corrected chi connectivity index (χ1v) is 6.05. The van der Waals surface area contributed by atoms with E-state index in [1.165, 1.54) is 0 Å². The largest absolute Gasteiger partial charge is 0.325 e. The van der Waals surface area contributed by atoms with Gasteiger partial charge in [0.05, 0.1) is 12.3 Å². The van der Waals surface area contributed by atoms with Crippen molar-refractivity contribution >= 4 is 30.2 Å². The topological polar surface area (TPSA) is 70.7 Å². The van der Waals surface area contributed by atoms with Gasteiger partial charge < -0.3 is 11.2 Å². The first-order chi connectivity index (χ1) is 8.70. The number of likely N-dealkylation sites (tertiary alicyclic amines) is 1. The zero-order valence-electron chi connectivity index (χ0n) is 10.9. The van der Waals surface area contributed by atoms with Crippen molar-refractivity contribution in [2.75, 3.05) is 18.9 Å². The van der Waals surface area contributed by atoms with Gasteiger partial charge in [-0.1, -0.05) is 12.1 Å². The number of amides is 1. The highest BCUT2D eigenvalue weighted by atomic mass is 35.5. The molecule has 1 aromatic carbocycles. The van der Waals surface area contributed by atoms with Crippen molar-refractivity contribution in [2.45, 2.75) is 18.9 Å². The Morgan fingerprint density at radius 3 is 2.68 bits per heavy atom. The minimum atomic E-state index is -0.00437. The summed E-state index contributed by atoms with van der Waals surface area (Å²) in [5.41, 5.74) is 1.71. The summed E-state index contributed by atoms with van der Waals surface area (Å²) >= 11 is 0. The minimum absolute atomic E-state index is 0. The van der Waals surface area contributed by atoms with Gasteiger partial charge in [0.25, 0.3) is 0 Å². The summed E-state index contributed by atoms with van der Waals surface area (Å²) in [6.45, 7) is 0.990. The smallest absolute Gasteiger partial charge is 0.241 e. The van der Waals surface area contributed by atoms with Gasteiger partial charge in [-0.2, -0.15) is 5.10 Å². The van der Waals surface area contributed by atoms with Gasteiger partial charge in [0.15, 0.2) is 0 Å².